The number of esters is 1. The number of nitrogens with one attached hydrogen (secondary N) is 1. The van der Waals surface area contributed by atoms with Crippen molar-refractivity contribution in [2.75, 3.05) is 58.4 Å². The lowest BCUT2D eigenvalue weighted by Crippen LogP contribution is -2.38. The van der Waals surface area contributed by atoms with Crippen LogP contribution in [0.2, 0.25) is 10.0 Å². The fraction of sp³-hybridized carbons (Fsp3) is 0.346. The zero-order chi connectivity index (χ0) is 25.3. The molecule has 0 bridgehead atoms. The van der Waals surface area contributed by atoms with Gasteiger partial charge >= 0.3 is 12.0 Å². The lowest BCUT2D eigenvalue weighted by Gasteiger charge is -2.26. The Morgan fingerprint density at radius 1 is 1.11 bits per heavy atom. The molecule has 3 aromatic rings. The Kier molecular flexibility index (Phi) is 9.35. The molecular formula is C26H28Cl2N4O4. The van der Waals surface area contributed by atoms with E-state index < -0.39 is 0 Å². The molecule has 2 heterocycles. The molecule has 1 fully saturated rings. The summed E-state index contributed by atoms with van der Waals surface area (Å²) in [6.45, 7) is 4.74. The number of hydrogen-bond acceptors (Lipinski definition) is 8. The van der Waals surface area contributed by atoms with Crippen molar-refractivity contribution in [1.82, 2.24) is 14.9 Å². The van der Waals surface area contributed by atoms with Gasteiger partial charge in [0.05, 0.1) is 31.6 Å². The van der Waals surface area contributed by atoms with Crippen LogP contribution in [-0.4, -0.2) is 73.9 Å². The molecule has 4 rings (SSSR count). The van der Waals surface area contributed by atoms with E-state index in [2.05, 4.69) is 20.2 Å². The number of aromatic nitrogens is 2. The maximum atomic E-state index is 12.6. The lowest BCUT2D eigenvalue weighted by molar-refractivity contribution is 0.0195. The van der Waals surface area contributed by atoms with Crippen molar-refractivity contribution in [3.8, 4) is 17.3 Å². The maximum absolute atomic E-state index is 12.6. The van der Waals surface area contributed by atoms with Crippen molar-refractivity contribution in [1.29, 1.82) is 0 Å². The first kappa shape index (κ1) is 26.2. The average Bonchev–Trinajstić information content (AvgIpc) is 2.90. The molecule has 8 nitrogen and oxygen atoms in total. The highest BCUT2D eigenvalue weighted by molar-refractivity contribution is 6.35. The molecule has 0 amide bonds. The third-order valence-corrected chi connectivity index (χ3v) is 6.33. The Morgan fingerprint density at radius 2 is 1.94 bits per heavy atom. The van der Waals surface area contributed by atoms with E-state index in [9.17, 15) is 4.79 Å². The van der Waals surface area contributed by atoms with Crippen molar-refractivity contribution < 1.29 is 19.0 Å². The minimum Gasteiger partial charge on any atom is -0.467 e. The molecule has 10 heteroatoms. The fourth-order valence-corrected chi connectivity index (χ4v) is 4.29. The first-order valence-corrected chi connectivity index (χ1v) is 12.5. The average molecular weight is 531 g/mol. The summed E-state index contributed by atoms with van der Waals surface area (Å²) in [5.74, 6) is 0.227. The molecule has 1 aliphatic rings. The van der Waals surface area contributed by atoms with Crippen LogP contribution in [0.15, 0.2) is 48.5 Å². The summed E-state index contributed by atoms with van der Waals surface area (Å²) in [5.41, 5.74) is 2.81. The molecule has 1 N–H and O–H groups in total. The van der Waals surface area contributed by atoms with Gasteiger partial charge in [-0.1, -0.05) is 41.4 Å². The Morgan fingerprint density at radius 3 is 2.72 bits per heavy atom. The summed E-state index contributed by atoms with van der Waals surface area (Å²) in [6, 6.07) is 14.7. The van der Waals surface area contributed by atoms with Crippen LogP contribution in [0.3, 0.4) is 0 Å². The zero-order valence-corrected chi connectivity index (χ0v) is 21.5. The molecule has 0 atom stereocenters. The third kappa shape index (κ3) is 7.30. The zero-order valence-electron chi connectivity index (χ0n) is 20.0. The second-order valence-corrected chi connectivity index (χ2v) is 9.05. The van der Waals surface area contributed by atoms with Gasteiger partial charge in [-0.3, -0.25) is 4.90 Å². The van der Waals surface area contributed by atoms with Gasteiger partial charge in [-0.2, -0.15) is 9.97 Å². The van der Waals surface area contributed by atoms with Crippen LogP contribution in [0, 0.1) is 0 Å². The van der Waals surface area contributed by atoms with E-state index in [1.54, 1.807) is 24.3 Å². The van der Waals surface area contributed by atoms with Crippen molar-refractivity contribution in [3.63, 3.8) is 0 Å². The largest absolute Gasteiger partial charge is 0.467 e. The standard InChI is InChI=1S/C26H28Cl2N4O4/c1-34-26-30-23(17-24(31-26)29-8-7-18-5-6-21(27)16-22(18)28)19-3-2-4-20(15-19)25(33)36-14-11-32-9-12-35-13-10-32/h2-6,15-17H,7-14H2,1H3,(H,29,30,31). The highest BCUT2D eigenvalue weighted by atomic mass is 35.5. The second-order valence-electron chi connectivity index (χ2n) is 8.21. The predicted molar refractivity (Wildman–Crippen MR) is 140 cm³/mol. The van der Waals surface area contributed by atoms with Crippen LogP contribution in [0.25, 0.3) is 11.3 Å². The van der Waals surface area contributed by atoms with Gasteiger partial charge in [0.1, 0.15) is 12.4 Å². The van der Waals surface area contributed by atoms with Gasteiger partial charge in [-0.05, 0) is 36.2 Å². The van der Waals surface area contributed by atoms with Gasteiger partial charge < -0.3 is 19.5 Å². The van der Waals surface area contributed by atoms with E-state index in [0.29, 0.717) is 66.5 Å². The van der Waals surface area contributed by atoms with Crippen LogP contribution >= 0.6 is 23.2 Å². The predicted octanol–water partition coefficient (Wildman–Crippen LogP) is 4.60. The first-order valence-electron chi connectivity index (χ1n) is 11.7. The van der Waals surface area contributed by atoms with Gasteiger partial charge in [-0.25, -0.2) is 4.79 Å². The number of carbonyl (C=O) groups is 1. The summed E-state index contributed by atoms with van der Waals surface area (Å²) in [4.78, 5) is 23.7. The molecule has 0 aliphatic carbocycles. The second kappa shape index (κ2) is 12.9. The molecule has 0 saturated carbocycles. The minimum atomic E-state index is -0.371. The Hall–Kier alpha value is -2.91. The number of ether oxygens (including phenoxy) is 3. The number of benzene rings is 2. The van der Waals surface area contributed by atoms with E-state index in [1.807, 2.05) is 24.3 Å². The lowest BCUT2D eigenvalue weighted by atomic mass is 10.1. The third-order valence-electron chi connectivity index (χ3n) is 5.74. The van der Waals surface area contributed by atoms with Crippen molar-refractivity contribution >= 4 is 35.0 Å². The molecule has 0 spiro atoms. The van der Waals surface area contributed by atoms with Crippen LogP contribution in [0.1, 0.15) is 15.9 Å². The summed E-state index contributed by atoms with van der Waals surface area (Å²) in [7, 11) is 1.51. The van der Waals surface area contributed by atoms with Gasteiger partial charge in [0.2, 0.25) is 0 Å². The van der Waals surface area contributed by atoms with Crippen molar-refractivity contribution in [3.05, 3.63) is 69.7 Å². The molecule has 1 aromatic heterocycles. The van der Waals surface area contributed by atoms with Gasteiger partial charge in [0, 0.05) is 47.9 Å². The van der Waals surface area contributed by atoms with Crippen molar-refractivity contribution in [2.45, 2.75) is 6.42 Å². The molecule has 1 aliphatic heterocycles. The van der Waals surface area contributed by atoms with Crippen LogP contribution in [-0.2, 0) is 15.9 Å². The molecule has 36 heavy (non-hydrogen) atoms. The maximum Gasteiger partial charge on any atom is 0.338 e. The van der Waals surface area contributed by atoms with Crippen LogP contribution in [0.5, 0.6) is 6.01 Å². The molecule has 2 aromatic carbocycles. The number of morpholine rings is 1. The SMILES string of the molecule is COc1nc(NCCc2ccc(Cl)cc2Cl)cc(-c2cccc(C(=O)OCCN3CCOCC3)c2)n1. The first-order chi connectivity index (χ1) is 17.5. The summed E-state index contributed by atoms with van der Waals surface area (Å²) in [5, 5.41) is 4.51. The molecule has 190 valence electrons. The smallest absolute Gasteiger partial charge is 0.338 e. The highest BCUT2D eigenvalue weighted by Gasteiger charge is 2.14. The number of methoxy groups -OCH3 is 1. The number of carbonyl (C=O) groups excluding carboxylic acids is 1. The number of rotatable bonds is 10. The Balaban J connectivity index is 1.40. The molecular weight excluding hydrogens is 503 g/mol. The Labute approximate surface area is 220 Å². The number of nitrogens with zero attached hydrogens (tertiary/aromatic N) is 3. The monoisotopic (exact) mass is 530 g/mol. The Bertz CT molecular complexity index is 1190. The minimum absolute atomic E-state index is 0.220. The van der Waals surface area contributed by atoms with Crippen molar-refractivity contribution in [2.24, 2.45) is 0 Å². The normalized spacial score (nSPS) is 13.9. The number of hydrogen-bond donors (Lipinski definition) is 1. The van der Waals surface area contributed by atoms with Crippen LogP contribution in [0.4, 0.5) is 5.82 Å². The molecule has 0 unspecified atom stereocenters. The molecule has 1 saturated heterocycles. The highest BCUT2D eigenvalue weighted by Crippen LogP contribution is 2.25. The summed E-state index contributed by atoms with van der Waals surface area (Å²) < 4.78 is 16.1. The number of halogens is 2. The van der Waals surface area contributed by atoms with E-state index in [0.717, 1.165) is 24.2 Å². The van der Waals surface area contributed by atoms with E-state index in [4.69, 9.17) is 37.4 Å². The topological polar surface area (TPSA) is 85.8 Å². The fourth-order valence-electron chi connectivity index (χ4n) is 3.79. The number of anilines is 1. The van der Waals surface area contributed by atoms with Gasteiger partial charge in [0.25, 0.3) is 0 Å². The van der Waals surface area contributed by atoms with E-state index >= 15 is 0 Å². The van der Waals surface area contributed by atoms with Crippen LogP contribution < -0.4 is 10.1 Å². The summed E-state index contributed by atoms with van der Waals surface area (Å²) >= 11 is 12.3. The quantitative estimate of drug-likeness (QED) is 0.380. The van der Waals surface area contributed by atoms with Gasteiger partial charge in [-0.15, -0.1) is 0 Å². The van der Waals surface area contributed by atoms with Gasteiger partial charge in [0.15, 0.2) is 0 Å². The molecule has 0 radical (unpaired) electrons. The summed E-state index contributed by atoms with van der Waals surface area (Å²) in [6.07, 6.45) is 0.684. The van der Waals surface area contributed by atoms with E-state index in [-0.39, 0.29) is 12.0 Å². The van der Waals surface area contributed by atoms with E-state index in [1.165, 1.54) is 7.11 Å².